The van der Waals surface area contributed by atoms with Gasteiger partial charge < -0.3 is 9.47 Å². The van der Waals surface area contributed by atoms with E-state index < -0.39 is 0 Å². The van der Waals surface area contributed by atoms with Gasteiger partial charge in [0.1, 0.15) is 0 Å². The Morgan fingerprint density at radius 3 is 2.62 bits per heavy atom. The minimum atomic E-state index is -0.374. The third-order valence-electron chi connectivity index (χ3n) is 2.80. The molecule has 4 heteroatoms. The Kier molecular flexibility index (Phi) is 4.72. The fourth-order valence-electron chi connectivity index (χ4n) is 1.87. The fraction of sp³-hybridized carbons (Fsp3) is 0.176. The lowest BCUT2D eigenvalue weighted by Crippen LogP contribution is -2.02. The molecule has 108 valence electrons. The number of pyridine rings is 1. The highest BCUT2D eigenvalue weighted by Crippen LogP contribution is 2.28. The highest BCUT2D eigenvalue weighted by atomic mass is 16.6. The summed E-state index contributed by atoms with van der Waals surface area (Å²) in [7, 11) is 1.54. The third-order valence-corrected chi connectivity index (χ3v) is 2.80. The van der Waals surface area contributed by atoms with Crippen molar-refractivity contribution < 1.29 is 14.3 Å². The molecule has 0 bridgehead atoms. The van der Waals surface area contributed by atoms with Crippen LogP contribution >= 0.6 is 0 Å². The van der Waals surface area contributed by atoms with Crippen molar-refractivity contribution in [1.29, 1.82) is 0 Å². The largest absolute Gasteiger partial charge is 0.493 e. The first-order valence-electron chi connectivity index (χ1n) is 6.56. The maximum Gasteiger partial charge on any atom is 0.308 e. The highest BCUT2D eigenvalue weighted by Gasteiger charge is 2.06. The molecule has 0 saturated carbocycles. The van der Waals surface area contributed by atoms with Gasteiger partial charge in [-0.15, -0.1) is 0 Å². The summed E-state index contributed by atoms with van der Waals surface area (Å²) in [4.78, 5) is 15.4. The van der Waals surface area contributed by atoms with Crippen molar-refractivity contribution in [2.24, 2.45) is 0 Å². The Bertz CT molecular complexity index is 677. The van der Waals surface area contributed by atoms with E-state index in [1.807, 2.05) is 49.4 Å². The molecule has 1 aromatic heterocycles. The Morgan fingerprint density at radius 1 is 1.14 bits per heavy atom. The van der Waals surface area contributed by atoms with Crippen molar-refractivity contribution in [3.63, 3.8) is 0 Å². The van der Waals surface area contributed by atoms with Crippen LogP contribution in [0, 0.1) is 6.92 Å². The van der Waals surface area contributed by atoms with Gasteiger partial charge in [0.05, 0.1) is 12.8 Å². The predicted molar refractivity (Wildman–Crippen MR) is 82.2 cm³/mol. The molecule has 4 nitrogen and oxygen atoms in total. The number of hydrogen-bond donors (Lipinski definition) is 0. The summed E-state index contributed by atoms with van der Waals surface area (Å²) in [5.41, 5.74) is 2.80. The SMILES string of the molecule is COc1cc(/C=C/c2cccc(C)n2)ccc1OC(C)=O. The van der Waals surface area contributed by atoms with Crippen LogP contribution in [-0.2, 0) is 4.79 Å². The lowest BCUT2D eigenvalue weighted by Gasteiger charge is -2.08. The molecule has 0 saturated heterocycles. The number of esters is 1. The van der Waals surface area contributed by atoms with Crippen molar-refractivity contribution >= 4 is 18.1 Å². The van der Waals surface area contributed by atoms with E-state index in [0.29, 0.717) is 11.5 Å². The summed E-state index contributed by atoms with van der Waals surface area (Å²) < 4.78 is 10.3. The molecule has 0 N–H and O–H groups in total. The number of carbonyl (C=O) groups excluding carboxylic acids is 1. The molecule has 1 heterocycles. The first kappa shape index (κ1) is 14.8. The highest BCUT2D eigenvalue weighted by molar-refractivity contribution is 5.72. The number of benzene rings is 1. The molecule has 0 aliphatic rings. The van der Waals surface area contributed by atoms with Crippen LogP contribution in [0.1, 0.15) is 23.9 Å². The first-order chi connectivity index (χ1) is 10.1. The molecule has 0 fully saturated rings. The Hall–Kier alpha value is -2.62. The van der Waals surface area contributed by atoms with E-state index in [-0.39, 0.29) is 5.97 Å². The molecule has 0 unspecified atom stereocenters. The van der Waals surface area contributed by atoms with Crippen molar-refractivity contribution in [2.75, 3.05) is 7.11 Å². The molecule has 0 spiro atoms. The number of rotatable bonds is 4. The maximum absolute atomic E-state index is 11.0. The third kappa shape index (κ3) is 4.18. The molecular formula is C17H17NO3. The smallest absolute Gasteiger partial charge is 0.308 e. The summed E-state index contributed by atoms with van der Waals surface area (Å²) in [5, 5.41) is 0. The molecule has 1 aromatic carbocycles. The molecule has 0 aliphatic carbocycles. The zero-order valence-corrected chi connectivity index (χ0v) is 12.3. The van der Waals surface area contributed by atoms with Crippen LogP contribution < -0.4 is 9.47 Å². The van der Waals surface area contributed by atoms with Gasteiger partial charge in [0.2, 0.25) is 0 Å². The number of aryl methyl sites for hydroxylation is 1. The zero-order valence-electron chi connectivity index (χ0n) is 12.3. The van der Waals surface area contributed by atoms with Gasteiger partial charge in [-0.2, -0.15) is 0 Å². The summed E-state index contributed by atoms with van der Waals surface area (Å²) in [6.45, 7) is 3.31. The standard InChI is InChI=1S/C17H17NO3/c1-12-5-4-6-15(18-12)9-7-14-8-10-16(21-13(2)19)17(11-14)20-3/h4-11H,1-3H3/b9-7+. The van der Waals surface area contributed by atoms with Crippen LogP contribution in [0.5, 0.6) is 11.5 Å². The Morgan fingerprint density at radius 2 is 1.95 bits per heavy atom. The van der Waals surface area contributed by atoms with Gasteiger partial charge in [0.25, 0.3) is 0 Å². The van der Waals surface area contributed by atoms with Crippen LogP contribution in [-0.4, -0.2) is 18.1 Å². The van der Waals surface area contributed by atoms with E-state index in [2.05, 4.69) is 4.98 Å². The number of nitrogens with zero attached hydrogens (tertiary/aromatic N) is 1. The van der Waals surface area contributed by atoms with E-state index in [1.165, 1.54) is 14.0 Å². The van der Waals surface area contributed by atoms with Gasteiger partial charge in [-0.1, -0.05) is 18.2 Å². The van der Waals surface area contributed by atoms with Crippen molar-refractivity contribution in [3.05, 3.63) is 53.3 Å². The average Bonchev–Trinajstić information content (AvgIpc) is 2.45. The summed E-state index contributed by atoms with van der Waals surface area (Å²) >= 11 is 0. The van der Waals surface area contributed by atoms with E-state index in [1.54, 1.807) is 6.07 Å². The van der Waals surface area contributed by atoms with Crippen LogP contribution in [0.3, 0.4) is 0 Å². The lowest BCUT2D eigenvalue weighted by molar-refractivity contribution is -0.132. The molecule has 0 amide bonds. The van der Waals surface area contributed by atoms with Gasteiger partial charge in [0.15, 0.2) is 11.5 Å². The van der Waals surface area contributed by atoms with Gasteiger partial charge in [0, 0.05) is 12.6 Å². The van der Waals surface area contributed by atoms with E-state index >= 15 is 0 Å². The maximum atomic E-state index is 11.0. The topological polar surface area (TPSA) is 48.4 Å². The monoisotopic (exact) mass is 283 g/mol. The van der Waals surface area contributed by atoms with Gasteiger partial charge in [-0.25, -0.2) is 0 Å². The van der Waals surface area contributed by atoms with E-state index in [0.717, 1.165) is 17.0 Å². The number of carbonyl (C=O) groups is 1. The molecule has 0 aliphatic heterocycles. The van der Waals surface area contributed by atoms with Crippen molar-refractivity contribution in [1.82, 2.24) is 4.98 Å². The van der Waals surface area contributed by atoms with E-state index in [4.69, 9.17) is 9.47 Å². The second kappa shape index (κ2) is 6.70. The quantitative estimate of drug-likeness (QED) is 0.636. The van der Waals surface area contributed by atoms with Crippen molar-refractivity contribution in [2.45, 2.75) is 13.8 Å². The van der Waals surface area contributed by atoms with Crippen LogP contribution in [0.4, 0.5) is 0 Å². The summed E-state index contributed by atoms with van der Waals surface area (Å²) in [6, 6.07) is 11.2. The Labute approximate surface area is 124 Å². The first-order valence-corrected chi connectivity index (χ1v) is 6.56. The fourth-order valence-corrected chi connectivity index (χ4v) is 1.87. The van der Waals surface area contributed by atoms with Gasteiger partial charge >= 0.3 is 5.97 Å². The molecule has 2 rings (SSSR count). The molecule has 21 heavy (non-hydrogen) atoms. The second-order valence-corrected chi connectivity index (χ2v) is 4.54. The summed E-state index contributed by atoms with van der Waals surface area (Å²) in [5.74, 6) is 0.556. The van der Waals surface area contributed by atoms with Crippen LogP contribution in [0.15, 0.2) is 36.4 Å². The minimum absolute atomic E-state index is 0.374. The minimum Gasteiger partial charge on any atom is -0.493 e. The molecular weight excluding hydrogens is 266 g/mol. The number of aromatic nitrogens is 1. The number of methoxy groups -OCH3 is 1. The number of hydrogen-bond acceptors (Lipinski definition) is 4. The second-order valence-electron chi connectivity index (χ2n) is 4.54. The lowest BCUT2D eigenvalue weighted by atomic mass is 10.1. The molecule has 0 radical (unpaired) electrons. The van der Waals surface area contributed by atoms with E-state index in [9.17, 15) is 4.79 Å². The zero-order chi connectivity index (χ0) is 15.2. The van der Waals surface area contributed by atoms with Gasteiger partial charge in [-0.3, -0.25) is 9.78 Å². The van der Waals surface area contributed by atoms with Crippen LogP contribution in [0.2, 0.25) is 0 Å². The molecule has 0 atom stereocenters. The molecule has 2 aromatic rings. The Balaban J connectivity index is 2.23. The van der Waals surface area contributed by atoms with Crippen molar-refractivity contribution in [3.8, 4) is 11.5 Å². The summed E-state index contributed by atoms with van der Waals surface area (Å²) in [6.07, 6.45) is 3.86. The normalized spacial score (nSPS) is 10.6. The predicted octanol–water partition coefficient (Wildman–Crippen LogP) is 3.49. The number of ether oxygens (including phenoxy) is 2. The van der Waals surface area contributed by atoms with Gasteiger partial charge in [-0.05, 0) is 42.8 Å². The average molecular weight is 283 g/mol. The van der Waals surface area contributed by atoms with Crippen LogP contribution in [0.25, 0.3) is 12.2 Å².